The molecule has 0 N–H and O–H groups in total. The van der Waals surface area contributed by atoms with Crippen LogP contribution in [0.2, 0.25) is 5.15 Å². The predicted molar refractivity (Wildman–Crippen MR) is 76.2 cm³/mol. The number of esters is 1. The molecule has 0 spiro atoms. The lowest BCUT2D eigenvalue weighted by Crippen LogP contribution is -2.06. The number of aryl methyl sites for hydroxylation is 1. The molecule has 21 heavy (non-hydrogen) atoms. The standard InChI is InChI=1S/C14H13ClN2O4/c1-8-6-9(19-2)4-5-11(8)21-13-10(14(18)20-3)7-12(15)16-17-13/h4-7H,1-3H3. The Labute approximate surface area is 126 Å². The van der Waals surface area contributed by atoms with Crippen LogP contribution < -0.4 is 9.47 Å². The summed E-state index contributed by atoms with van der Waals surface area (Å²) in [5.74, 6) is 0.653. The third-order valence-corrected chi connectivity index (χ3v) is 2.91. The molecule has 0 unspecified atom stereocenters. The van der Waals surface area contributed by atoms with Crippen LogP contribution in [0.5, 0.6) is 17.4 Å². The van der Waals surface area contributed by atoms with E-state index >= 15 is 0 Å². The number of nitrogens with zero attached hydrogens (tertiary/aromatic N) is 2. The van der Waals surface area contributed by atoms with Gasteiger partial charge in [-0.25, -0.2) is 4.79 Å². The number of rotatable bonds is 4. The van der Waals surface area contributed by atoms with Crippen LogP contribution in [0, 0.1) is 6.92 Å². The normalized spacial score (nSPS) is 10.1. The molecule has 0 aliphatic rings. The zero-order valence-electron chi connectivity index (χ0n) is 11.7. The summed E-state index contributed by atoms with van der Waals surface area (Å²) in [6, 6.07) is 6.60. The first-order valence-electron chi connectivity index (χ1n) is 5.99. The van der Waals surface area contributed by atoms with Crippen LogP contribution in [0.4, 0.5) is 0 Å². The predicted octanol–water partition coefficient (Wildman–Crippen LogP) is 3.03. The molecule has 0 saturated heterocycles. The van der Waals surface area contributed by atoms with E-state index in [1.54, 1.807) is 25.3 Å². The number of methoxy groups -OCH3 is 2. The Morgan fingerprint density at radius 3 is 2.57 bits per heavy atom. The molecule has 1 aromatic carbocycles. The Hall–Kier alpha value is -2.34. The number of aromatic nitrogens is 2. The number of hydrogen-bond acceptors (Lipinski definition) is 6. The van der Waals surface area contributed by atoms with Crippen molar-refractivity contribution < 1.29 is 19.0 Å². The van der Waals surface area contributed by atoms with Gasteiger partial charge in [-0.1, -0.05) is 11.6 Å². The van der Waals surface area contributed by atoms with E-state index in [1.807, 2.05) is 6.92 Å². The first-order chi connectivity index (χ1) is 10.0. The van der Waals surface area contributed by atoms with Gasteiger partial charge in [0, 0.05) is 0 Å². The second-order valence-electron chi connectivity index (χ2n) is 4.11. The lowest BCUT2D eigenvalue weighted by Gasteiger charge is -2.11. The lowest BCUT2D eigenvalue weighted by molar-refractivity contribution is 0.0596. The number of benzene rings is 1. The van der Waals surface area contributed by atoms with Crippen molar-refractivity contribution in [2.24, 2.45) is 0 Å². The molecule has 0 amide bonds. The van der Waals surface area contributed by atoms with Gasteiger partial charge in [-0.3, -0.25) is 0 Å². The zero-order valence-corrected chi connectivity index (χ0v) is 12.5. The summed E-state index contributed by atoms with van der Waals surface area (Å²) < 4.78 is 15.4. The van der Waals surface area contributed by atoms with Crippen molar-refractivity contribution in [1.82, 2.24) is 10.2 Å². The molecule has 0 atom stereocenters. The Balaban J connectivity index is 2.37. The minimum Gasteiger partial charge on any atom is -0.497 e. The second kappa shape index (κ2) is 6.41. The molecule has 1 heterocycles. The molecule has 7 heteroatoms. The first-order valence-corrected chi connectivity index (χ1v) is 6.37. The van der Waals surface area contributed by atoms with Gasteiger partial charge in [0.25, 0.3) is 5.88 Å². The number of carbonyl (C=O) groups is 1. The highest BCUT2D eigenvalue weighted by molar-refractivity contribution is 6.29. The lowest BCUT2D eigenvalue weighted by atomic mass is 10.2. The molecule has 0 fully saturated rings. The molecular formula is C14H13ClN2O4. The van der Waals surface area contributed by atoms with E-state index in [0.29, 0.717) is 11.5 Å². The fraction of sp³-hybridized carbons (Fsp3) is 0.214. The summed E-state index contributed by atoms with van der Waals surface area (Å²) in [5, 5.41) is 7.54. The van der Waals surface area contributed by atoms with E-state index in [1.165, 1.54) is 13.2 Å². The minimum absolute atomic E-state index is 0.0273. The van der Waals surface area contributed by atoms with Gasteiger partial charge in [-0.05, 0) is 36.8 Å². The molecule has 110 valence electrons. The van der Waals surface area contributed by atoms with Crippen molar-refractivity contribution in [3.63, 3.8) is 0 Å². The van der Waals surface area contributed by atoms with E-state index in [4.69, 9.17) is 21.1 Å². The Bertz CT molecular complexity index is 676. The van der Waals surface area contributed by atoms with Crippen LogP contribution in [-0.2, 0) is 4.74 Å². The third-order valence-electron chi connectivity index (χ3n) is 2.72. The molecule has 6 nitrogen and oxygen atoms in total. The van der Waals surface area contributed by atoms with Gasteiger partial charge in [-0.15, -0.1) is 10.2 Å². The quantitative estimate of drug-likeness (QED) is 0.809. The maximum absolute atomic E-state index is 11.7. The van der Waals surface area contributed by atoms with Crippen LogP contribution in [0.15, 0.2) is 24.3 Å². The van der Waals surface area contributed by atoms with Crippen LogP contribution in [0.25, 0.3) is 0 Å². The zero-order chi connectivity index (χ0) is 15.4. The maximum Gasteiger partial charge on any atom is 0.343 e. The first kappa shape index (κ1) is 15.1. The topological polar surface area (TPSA) is 70.5 Å². The van der Waals surface area contributed by atoms with Gasteiger partial charge in [-0.2, -0.15) is 0 Å². The largest absolute Gasteiger partial charge is 0.497 e. The highest BCUT2D eigenvalue weighted by Gasteiger charge is 2.18. The summed E-state index contributed by atoms with van der Waals surface area (Å²) in [4.78, 5) is 11.7. The van der Waals surface area contributed by atoms with Gasteiger partial charge in [0.1, 0.15) is 17.1 Å². The number of ether oxygens (including phenoxy) is 3. The Kier molecular flexibility index (Phi) is 4.59. The summed E-state index contributed by atoms with van der Waals surface area (Å²) in [6.07, 6.45) is 0. The van der Waals surface area contributed by atoms with E-state index < -0.39 is 5.97 Å². The van der Waals surface area contributed by atoms with Gasteiger partial charge < -0.3 is 14.2 Å². The van der Waals surface area contributed by atoms with Gasteiger partial charge in [0.15, 0.2) is 5.15 Å². The summed E-state index contributed by atoms with van der Waals surface area (Å²) >= 11 is 5.74. The highest BCUT2D eigenvalue weighted by atomic mass is 35.5. The van der Waals surface area contributed by atoms with Crippen molar-refractivity contribution in [3.8, 4) is 17.4 Å². The van der Waals surface area contributed by atoms with Crippen LogP contribution >= 0.6 is 11.6 Å². The second-order valence-corrected chi connectivity index (χ2v) is 4.50. The number of halogens is 1. The van der Waals surface area contributed by atoms with Crippen molar-refractivity contribution >= 4 is 17.6 Å². The van der Waals surface area contributed by atoms with E-state index in [9.17, 15) is 4.79 Å². The highest BCUT2D eigenvalue weighted by Crippen LogP contribution is 2.29. The van der Waals surface area contributed by atoms with Gasteiger partial charge in [0.05, 0.1) is 14.2 Å². The van der Waals surface area contributed by atoms with Gasteiger partial charge in [0.2, 0.25) is 0 Å². The van der Waals surface area contributed by atoms with Crippen molar-refractivity contribution in [1.29, 1.82) is 0 Å². The van der Waals surface area contributed by atoms with E-state index in [2.05, 4.69) is 14.9 Å². The summed E-state index contributed by atoms with van der Waals surface area (Å²) in [6.45, 7) is 1.85. The monoisotopic (exact) mass is 308 g/mol. The molecule has 1 aromatic heterocycles. The Morgan fingerprint density at radius 2 is 1.95 bits per heavy atom. The SMILES string of the molecule is COC(=O)c1cc(Cl)nnc1Oc1ccc(OC)cc1C. The molecule has 0 radical (unpaired) electrons. The number of hydrogen-bond donors (Lipinski definition) is 0. The molecule has 2 aromatic rings. The smallest absolute Gasteiger partial charge is 0.343 e. The van der Waals surface area contributed by atoms with Gasteiger partial charge >= 0.3 is 5.97 Å². The third kappa shape index (κ3) is 3.41. The van der Waals surface area contributed by atoms with Crippen LogP contribution in [0.3, 0.4) is 0 Å². The summed E-state index contributed by atoms with van der Waals surface area (Å²) in [5.41, 5.74) is 0.926. The molecule has 0 saturated carbocycles. The minimum atomic E-state index is -0.604. The van der Waals surface area contributed by atoms with Crippen molar-refractivity contribution in [2.75, 3.05) is 14.2 Å². The van der Waals surface area contributed by atoms with Crippen molar-refractivity contribution in [3.05, 3.63) is 40.5 Å². The Morgan fingerprint density at radius 1 is 1.19 bits per heavy atom. The molecule has 0 aliphatic heterocycles. The maximum atomic E-state index is 11.7. The average Bonchev–Trinajstić information content (AvgIpc) is 2.49. The molecular weight excluding hydrogens is 296 g/mol. The van der Waals surface area contributed by atoms with Crippen LogP contribution in [-0.4, -0.2) is 30.4 Å². The molecule has 0 aliphatic carbocycles. The fourth-order valence-electron chi connectivity index (χ4n) is 1.66. The van der Waals surface area contributed by atoms with E-state index in [0.717, 1.165) is 5.56 Å². The molecule has 0 bridgehead atoms. The summed E-state index contributed by atoms with van der Waals surface area (Å²) in [7, 11) is 2.84. The fourth-order valence-corrected chi connectivity index (χ4v) is 1.80. The average molecular weight is 309 g/mol. The van der Waals surface area contributed by atoms with Crippen molar-refractivity contribution in [2.45, 2.75) is 6.92 Å². The molecule has 2 rings (SSSR count). The van der Waals surface area contributed by atoms with E-state index in [-0.39, 0.29) is 16.6 Å². The number of carbonyl (C=O) groups excluding carboxylic acids is 1. The van der Waals surface area contributed by atoms with Crippen LogP contribution in [0.1, 0.15) is 15.9 Å².